The van der Waals surface area contributed by atoms with Gasteiger partial charge in [0, 0.05) is 0 Å². The van der Waals surface area contributed by atoms with Gasteiger partial charge in [0.15, 0.2) is 0 Å². The number of aromatic nitrogens is 2. The smallest absolute Gasteiger partial charge is 0.307 e. The number of hydrogen-bond donors (Lipinski definition) is 3. The van der Waals surface area contributed by atoms with Crippen molar-refractivity contribution in [1.29, 1.82) is 0 Å². The fraction of sp³-hybridized carbons (Fsp3) is 0.0909. The number of nitro groups is 1. The van der Waals surface area contributed by atoms with E-state index in [-0.39, 0.29) is 4.90 Å². The van der Waals surface area contributed by atoms with E-state index >= 15 is 0 Å². The van der Waals surface area contributed by atoms with E-state index < -0.39 is 32.0 Å². The van der Waals surface area contributed by atoms with Gasteiger partial charge in [-0.05, 0) is 19.1 Å². The largest absolute Gasteiger partial charge is 0.377 e. The molecule has 0 saturated carbocycles. The third kappa shape index (κ3) is 3.27. The first kappa shape index (κ1) is 15.6. The number of hydrogen-bond acceptors (Lipinski definition) is 7. The van der Waals surface area contributed by atoms with Crippen molar-refractivity contribution < 1.29 is 13.3 Å². The van der Waals surface area contributed by atoms with Gasteiger partial charge in [-0.15, -0.1) is 4.83 Å². The Morgan fingerprint density at radius 1 is 1.27 bits per heavy atom. The van der Waals surface area contributed by atoms with Crippen molar-refractivity contribution in [3.05, 3.63) is 56.6 Å². The summed E-state index contributed by atoms with van der Waals surface area (Å²) in [6.07, 6.45) is 0.915. The van der Waals surface area contributed by atoms with Crippen LogP contribution >= 0.6 is 0 Å². The van der Waals surface area contributed by atoms with E-state index in [2.05, 4.69) is 10.4 Å². The zero-order chi connectivity index (χ0) is 16.3. The molecule has 0 aliphatic heterocycles. The SMILES string of the molecule is Cc1ccc(S(=O)(=O)NNc2nc[nH]c(=O)c2[N+](=O)[O-])cc1. The van der Waals surface area contributed by atoms with E-state index in [0.717, 1.165) is 11.9 Å². The lowest BCUT2D eigenvalue weighted by molar-refractivity contribution is -0.385. The molecule has 0 bridgehead atoms. The molecule has 1 aromatic heterocycles. The molecule has 0 radical (unpaired) electrons. The van der Waals surface area contributed by atoms with Gasteiger partial charge >= 0.3 is 11.2 Å². The number of aromatic amines is 1. The summed E-state index contributed by atoms with van der Waals surface area (Å²) in [6, 6.07) is 5.95. The number of hydrazine groups is 1. The fourth-order valence-electron chi connectivity index (χ4n) is 1.55. The quantitative estimate of drug-likeness (QED) is 0.528. The minimum atomic E-state index is -3.97. The van der Waals surface area contributed by atoms with Gasteiger partial charge in [0.1, 0.15) is 0 Å². The number of anilines is 1. The van der Waals surface area contributed by atoms with Crippen molar-refractivity contribution in [1.82, 2.24) is 14.8 Å². The first-order valence-corrected chi connectivity index (χ1v) is 7.36. The summed E-state index contributed by atoms with van der Waals surface area (Å²) >= 11 is 0. The van der Waals surface area contributed by atoms with Crippen molar-refractivity contribution in [3.8, 4) is 0 Å². The Morgan fingerprint density at radius 3 is 2.50 bits per heavy atom. The minimum Gasteiger partial charge on any atom is -0.307 e. The van der Waals surface area contributed by atoms with Crippen LogP contribution in [0, 0.1) is 17.0 Å². The van der Waals surface area contributed by atoms with E-state index in [1.165, 1.54) is 12.1 Å². The summed E-state index contributed by atoms with van der Waals surface area (Å²) in [7, 11) is -3.97. The summed E-state index contributed by atoms with van der Waals surface area (Å²) in [6.45, 7) is 1.80. The summed E-state index contributed by atoms with van der Waals surface area (Å²) in [5, 5.41) is 10.8. The van der Waals surface area contributed by atoms with E-state index in [0.29, 0.717) is 0 Å². The molecule has 0 amide bonds. The van der Waals surface area contributed by atoms with Crippen LogP contribution in [0.25, 0.3) is 0 Å². The van der Waals surface area contributed by atoms with Gasteiger partial charge in [0.25, 0.3) is 10.0 Å². The van der Waals surface area contributed by atoms with Crippen LogP contribution in [0.3, 0.4) is 0 Å². The molecule has 1 heterocycles. The number of benzene rings is 1. The molecule has 0 saturated heterocycles. The van der Waals surface area contributed by atoms with E-state index in [4.69, 9.17) is 0 Å². The molecule has 0 spiro atoms. The number of nitrogens with zero attached hydrogens (tertiary/aromatic N) is 2. The Kier molecular flexibility index (Phi) is 4.19. The standard InChI is InChI=1S/C11H11N5O5S/c1-7-2-4-8(5-3-7)22(20,21)15-14-10-9(16(18)19)11(17)13-6-12-10/h2-6,15H,1H3,(H2,12,13,14,17). The van der Waals surface area contributed by atoms with Gasteiger partial charge in [0.05, 0.1) is 16.1 Å². The number of aryl methyl sites for hydroxylation is 1. The van der Waals surface area contributed by atoms with Crippen LogP contribution in [0.2, 0.25) is 0 Å². The first-order chi connectivity index (χ1) is 10.3. The third-order valence-electron chi connectivity index (χ3n) is 2.65. The van der Waals surface area contributed by atoms with Crippen molar-refractivity contribution in [2.45, 2.75) is 11.8 Å². The molecular weight excluding hydrogens is 314 g/mol. The van der Waals surface area contributed by atoms with Gasteiger partial charge < -0.3 is 4.98 Å². The predicted molar refractivity (Wildman–Crippen MR) is 76.6 cm³/mol. The molecule has 2 rings (SSSR count). The second kappa shape index (κ2) is 5.91. The lowest BCUT2D eigenvalue weighted by atomic mass is 10.2. The van der Waals surface area contributed by atoms with Crippen molar-refractivity contribution in [3.63, 3.8) is 0 Å². The van der Waals surface area contributed by atoms with Crippen LogP contribution in [0.4, 0.5) is 11.5 Å². The maximum absolute atomic E-state index is 12.0. The highest BCUT2D eigenvalue weighted by atomic mass is 32.2. The lowest BCUT2D eigenvalue weighted by Gasteiger charge is -2.08. The van der Waals surface area contributed by atoms with Crippen LogP contribution in [0.5, 0.6) is 0 Å². The normalized spacial score (nSPS) is 11.1. The Balaban J connectivity index is 2.27. The van der Waals surface area contributed by atoms with E-state index in [1.54, 1.807) is 19.1 Å². The molecule has 116 valence electrons. The molecular formula is C11H11N5O5S. The molecule has 0 aliphatic rings. The average molecular weight is 325 g/mol. The van der Waals surface area contributed by atoms with Gasteiger partial charge in [-0.1, -0.05) is 17.7 Å². The summed E-state index contributed by atoms with van der Waals surface area (Å²) in [4.78, 5) is 28.7. The number of sulfonamides is 1. The molecule has 2 aromatic rings. The number of H-pyrrole nitrogens is 1. The zero-order valence-electron chi connectivity index (χ0n) is 11.2. The van der Waals surface area contributed by atoms with Crippen LogP contribution in [-0.4, -0.2) is 23.3 Å². The Bertz CT molecular complexity index is 859. The summed E-state index contributed by atoms with van der Waals surface area (Å²) < 4.78 is 24.1. The van der Waals surface area contributed by atoms with Gasteiger partial charge in [-0.25, -0.2) is 13.4 Å². The Labute approximate surface area is 124 Å². The van der Waals surface area contributed by atoms with Crippen LogP contribution in [-0.2, 0) is 10.0 Å². The molecule has 10 nitrogen and oxygen atoms in total. The van der Waals surface area contributed by atoms with Crippen LogP contribution in [0.1, 0.15) is 5.56 Å². The van der Waals surface area contributed by atoms with Crippen molar-refractivity contribution >= 4 is 21.5 Å². The van der Waals surface area contributed by atoms with Crippen molar-refractivity contribution in [2.24, 2.45) is 0 Å². The van der Waals surface area contributed by atoms with Gasteiger partial charge in [-0.3, -0.25) is 20.3 Å². The fourth-order valence-corrected chi connectivity index (χ4v) is 2.39. The molecule has 11 heteroatoms. The monoisotopic (exact) mass is 325 g/mol. The highest BCUT2D eigenvalue weighted by molar-refractivity contribution is 7.89. The Morgan fingerprint density at radius 2 is 1.91 bits per heavy atom. The summed E-state index contributed by atoms with van der Waals surface area (Å²) in [5.74, 6) is -0.510. The number of nitrogens with one attached hydrogen (secondary N) is 3. The first-order valence-electron chi connectivity index (χ1n) is 5.88. The Hall–Kier alpha value is -2.79. The van der Waals surface area contributed by atoms with Crippen molar-refractivity contribution in [2.75, 3.05) is 5.43 Å². The molecule has 0 unspecified atom stereocenters. The molecule has 0 fully saturated rings. The van der Waals surface area contributed by atoms with Gasteiger partial charge in [-0.2, -0.15) is 0 Å². The lowest BCUT2D eigenvalue weighted by Crippen LogP contribution is -2.31. The van der Waals surface area contributed by atoms with Crippen LogP contribution < -0.4 is 15.8 Å². The predicted octanol–water partition coefficient (Wildman–Crippen LogP) is 0.292. The van der Waals surface area contributed by atoms with E-state index in [1.807, 2.05) is 9.82 Å². The molecule has 1 aromatic carbocycles. The molecule has 22 heavy (non-hydrogen) atoms. The highest BCUT2D eigenvalue weighted by Gasteiger charge is 2.22. The minimum absolute atomic E-state index is 0.0434. The summed E-state index contributed by atoms with van der Waals surface area (Å²) in [5.41, 5.74) is 1.05. The maximum atomic E-state index is 12.0. The molecule has 0 aliphatic carbocycles. The molecule has 3 N–H and O–H groups in total. The van der Waals surface area contributed by atoms with Gasteiger partial charge in [0.2, 0.25) is 5.82 Å². The second-order valence-electron chi connectivity index (χ2n) is 4.23. The third-order valence-corrected chi connectivity index (χ3v) is 3.91. The average Bonchev–Trinajstić information content (AvgIpc) is 2.45. The molecule has 0 atom stereocenters. The second-order valence-corrected chi connectivity index (χ2v) is 5.91. The zero-order valence-corrected chi connectivity index (χ0v) is 12.0. The maximum Gasteiger partial charge on any atom is 0.377 e. The van der Waals surface area contributed by atoms with E-state index in [9.17, 15) is 23.3 Å². The highest BCUT2D eigenvalue weighted by Crippen LogP contribution is 2.15. The van der Waals surface area contributed by atoms with Crippen LogP contribution in [0.15, 0.2) is 40.3 Å². The topological polar surface area (TPSA) is 147 Å². The number of rotatable bonds is 5.